The van der Waals surface area contributed by atoms with Crippen molar-refractivity contribution in [3.8, 4) is 11.5 Å². The second-order valence-electron chi connectivity index (χ2n) is 2.82. The monoisotopic (exact) mass is 212 g/mol. The summed E-state index contributed by atoms with van der Waals surface area (Å²) in [6.07, 6.45) is -1.55. The van der Waals surface area contributed by atoms with Gasteiger partial charge in [-0.1, -0.05) is 6.07 Å². The molecular formula is C10H12O5. The van der Waals surface area contributed by atoms with Gasteiger partial charge in [-0.2, -0.15) is 0 Å². The summed E-state index contributed by atoms with van der Waals surface area (Å²) in [5.74, 6) is -0.838. The van der Waals surface area contributed by atoms with Gasteiger partial charge in [-0.3, -0.25) is 0 Å². The molecule has 0 aromatic heterocycles. The number of ether oxygens (including phenoxy) is 2. The molecule has 0 radical (unpaired) electrons. The Balaban J connectivity index is 3.16. The molecule has 2 N–H and O–H groups in total. The first-order chi connectivity index (χ1) is 7.11. The SMILES string of the molecule is COC(=O)C(O)c1c(O)cccc1OC. The van der Waals surface area contributed by atoms with Gasteiger partial charge in [-0.15, -0.1) is 0 Å². The van der Waals surface area contributed by atoms with Gasteiger partial charge in [0.2, 0.25) is 0 Å². The van der Waals surface area contributed by atoms with Crippen LogP contribution in [0.25, 0.3) is 0 Å². The summed E-state index contributed by atoms with van der Waals surface area (Å²) in [6.45, 7) is 0. The molecule has 0 saturated heterocycles. The molecule has 82 valence electrons. The highest BCUT2D eigenvalue weighted by atomic mass is 16.5. The van der Waals surface area contributed by atoms with Crippen LogP contribution < -0.4 is 4.74 Å². The maximum Gasteiger partial charge on any atom is 0.339 e. The molecule has 1 aromatic carbocycles. The van der Waals surface area contributed by atoms with E-state index in [2.05, 4.69) is 4.74 Å². The topological polar surface area (TPSA) is 76.0 Å². The second-order valence-corrected chi connectivity index (χ2v) is 2.82. The predicted octanol–water partition coefficient (Wildman–Crippen LogP) is 0.607. The highest BCUT2D eigenvalue weighted by Gasteiger charge is 2.25. The van der Waals surface area contributed by atoms with Crippen molar-refractivity contribution in [3.63, 3.8) is 0 Å². The first-order valence-corrected chi connectivity index (χ1v) is 4.23. The first-order valence-electron chi connectivity index (χ1n) is 4.23. The molecule has 0 aliphatic rings. The molecule has 5 heteroatoms. The van der Waals surface area contributed by atoms with E-state index in [1.165, 1.54) is 19.2 Å². The number of rotatable bonds is 3. The van der Waals surface area contributed by atoms with Gasteiger partial charge < -0.3 is 19.7 Å². The summed E-state index contributed by atoms with van der Waals surface area (Å²) in [6, 6.07) is 4.42. The van der Waals surface area contributed by atoms with Crippen LogP contribution in [0.4, 0.5) is 0 Å². The molecule has 1 unspecified atom stereocenters. The maximum absolute atomic E-state index is 11.1. The van der Waals surface area contributed by atoms with Crippen LogP contribution in [0.2, 0.25) is 0 Å². The van der Waals surface area contributed by atoms with E-state index in [1.807, 2.05) is 0 Å². The molecule has 0 fully saturated rings. The molecule has 15 heavy (non-hydrogen) atoms. The average Bonchev–Trinajstić information content (AvgIpc) is 2.26. The summed E-state index contributed by atoms with van der Waals surface area (Å²) in [4.78, 5) is 11.1. The Morgan fingerprint density at radius 3 is 2.60 bits per heavy atom. The van der Waals surface area contributed by atoms with Crippen LogP contribution >= 0.6 is 0 Å². The largest absolute Gasteiger partial charge is 0.507 e. The fourth-order valence-electron chi connectivity index (χ4n) is 1.21. The number of aromatic hydroxyl groups is 1. The van der Waals surface area contributed by atoms with Gasteiger partial charge >= 0.3 is 5.97 Å². The average molecular weight is 212 g/mol. The molecule has 5 nitrogen and oxygen atoms in total. The minimum absolute atomic E-state index is 0.00634. The minimum Gasteiger partial charge on any atom is -0.507 e. The maximum atomic E-state index is 11.1. The van der Waals surface area contributed by atoms with Crippen molar-refractivity contribution in [3.05, 3.63) is 23.8 Å². The predicted molar refractivity (Wildman–Crippen MR) is 51.6 cm³/mol. The molecular weight excluding hydrogens is 200 g/mol. The number of phenols is 1. The van der Waals surface area contributed by atoms with E-state index in [9.17, 15) is 15.0 Å². The lowest BCUT2D eigenvalue weighted by Gasteiger charge is -2.13. The molecule has 1 rings (SSSR count). The fourth-order valence-corrected chi connectivity index (χ4v) is 1.21. The number of esters is 1. The zero-order chi connectivity index (χ0) is 11.4. The Hall–Kier alpha value is -1.75. The highest BCUT2D eigenvalue weighted by molar-refractivity contribution is 5.78. The van der Waals surface area contributed by atoms with Crippen LogP contribution in [-0.2, 0) is 9.53 Å². The fraction of sp³-hybridized carbons (Fsp3) is 0.300. The molecule has 1 aromatic rings. The van der Waals surface area contributed by atoms with E-state index in [4.69, 9.17) is 4.74 Å². The Morgan fingerprint density at radius 1 is 1.40 bits per heavy atom. The van der Waals surface area contributed by atoms with Crippen molar-refractivity contribution in [1.29, 1.82) is 0 Å². The summed E-state index contributed by atoms with van der Waals surface area (Å²) in [5.41, 5.74) is 0.00634. The normalized spacial score (nSPS) is 11.9. The molecule has 0 aliphatic heterocycles. The van der Waals surface area contributed by atoms with Crippen LogP contribution in [0, 0.1) is 0 Å². The number of hydrogen-bond donors (Lipinski definition) is 2. The van der Waals surface area contributed by atoms with Crippen molar-refractivity contribution in [2.24, 2.45) is 0 Å². The van der Waals surface area contributed by atoms with E-state index < -0.39 is 12.1 Å². The number of aliphatic hydroxyl groups excluding tert-OH is 1. The Bertz CT molecular complexity index is 361. The van der Waals surface area contributed by atoms with E-state index in [0.29, 0.717) is 0 Å². The van der Waals surface area contributed by atoms with Crippen molar-refractivity contribution >= 4 is 5.97 Å². The van der Waals surface area contributed by atoms with Crippen LogP contribution in [0.5, 0.6) is 11.5 Å². The second kappa shape index (κ2) is 4.65. The number of carbonyl (C=O) groups is 1. The van der Waals surface area contributed by atoms with E-state index in [0.717, 1.165) is 7.11 Å². The minimum atomic E-state index is -1.55. The number of carbonyl (C=O) groups excluding carboxylic acids is 1. The van der Waals surface area contributed by atoms with Gasteiger partial charge in [0.25, 0.3) is 0 Å². The smallest absolute Gasteiger partial charge is 0.339 e. The molecule has 0 amide bonds. The quantitative estimate of drug-likeness (QED) is 0.718. The lowest BCUT2D eigenvalue weighted by atomic mass is 10.1. The lowest BCUT2D eigenvalue weighted by molar-refractivity contribution is -0.150. The molecule has 0 bridgehead atoms. The third kappa shape index (κ3) is 2.19. The number of aliphatic hydroxyl groups is 1. The molecule has 0 aliphatic carbocycles. The third-order valence-electron chi connectivity index (χ3n) is 1.96. The molecule has 1 atom stereocenters. The third-order valence-corrected chi connectivity index (χ3v) is 1.96. The standard InChI is InChI=1S/C10H12O5/c1-14-7-5-3-4-6(11)8(7)9(12)10(13)15-2/h3-5,9,11-12H,1-2H3. The van der Waals surface area contributed by atoms with Crippen molar-refractivity contribution in [2.75, 3.05) is 14.2 Å². The molecule has 0 saturated carbocycles. The van der Waals surface area contributed by atoms with E-state index in [-0.39, 0.29) is 17.1 Å². The summed E-state index contributed by atoms with van der Waals surface area (Å²) < 4.78 is 9.28. The van der Waals surface area contributed by atoms with Gasteiger partial charge in [-0.05, 0) is 12.1 Å². The number of phenolic OH excluding ortho intramolecular Hbond substituents is 1. The Labute approximate surface area is 86.9 Å². The number of hydrogen-bond acceptors (Lipinski definition) is 5. The Kier molecular flexibility index (Phi) is 3.51. The van der Waals surface area contributed by atoms with Crippen molar-refractivity contribution in [2.45, 2.75) is 6.10 Å². The molecule has 0 spiro atoms. The zero-order valence-corrected chi connectivity index (χ0v) is 8.43. The zero-order valence-electron chi connectivity index (χ0n) is 8.43. The van der Waals surface area contributed by atoms with Crippen LogP contribution in [0.15, 0.2) is 18.2 Å². The van der Waals surface area contributed by atoms with Gasteiger partial charge in [0.1, 0.15) is 11.5 Å². The van der Waals surface area contributed by atoms with Gasteiger partial charge in [0.15, 0.2) is 6.10 Å². The summed E-state index contributed by atoms with van der Waals surface area (Å²) >= 11 is 0. The van der Waals surface area contributed by atoms with Crippen LogP contribution in [-0.4, -0.2) is 30.4 Å². The Morgan fingerprint density at radius 2 is 2.07 bits per heavy atom. The van der Waals surface area contributed by atoms with Gasteiger partial charge in [0, 0.05) is 0 Å². The van der Waals surface area contributed by atoms with Gasteiger partial charge in [-0.25, -0.2) is 4.79 Å². The molecule has 0 heterocycles. The van der Waals surface area contributed by atoms with E-state index >= 15 is 0 Å². The summed E-state index contributed by atoms with van der Waals surface area (Å²) in [7, 11) is 2.53. The van der Waals surface area contributed by atoms with Crippen LogP contribution in [0.3, 0.4) is 0 Å². The highest BCUT2D eigenvalue weighted by Crippen LogP contribution is 2.33. The summed E-state index contributed by atoms with van der Waals surface area (Å²) in [5, 5.41) is 19.1. The van der Waals surface area contributed by atoms with Crippen LogP contribution in [0.1, 0.15) is 11.7 Å². The van der Waals surface area contributed by atoms with E-state index in [1.54, 1.807) is 6.07 Å². The van der Waals surface area contributed by atoms with Crippen molar-refractivity contribution < 1.29 is 24.5 Å². The number of methoxy groups -OCH3 is 2. The first kappa shape index (κ1) is 11.3. The number of benzene rings is 1. The van der Waals surface area contributed by atoms with Gasteiger partial charge in [0.05, 0.1) is 19.8 Å². The van der Waals surface area contributed by atoms with Crippen molar-refractivity contribution in [1.82, 2.24) is 0 Å². The lowest BCUT2D eigenvalue weighted by Crippen LogP contribution is -2.14.